The number of rotatable bonds is 5. The number of sulfonamides is 1. The van der Waals surface area contributed by atoms with Gasteiger partial charge >= 0.3 is 0 Å². The summed E-state index contributed by atoms with van der Waals surface area (Å²) in [6, 6.07) is 8.15. The number of anilines is 1. The van der Waals surface area contributed by atoms with E-state index in [1.54, 1.807) is 31.2 Å². The summed E-state index contributed by atoms with van der Waals surface area (Å²) in [4.78, 5) is 12.5. The Morgan fingerprint density at radius 2 is 1.77 bits per heavy atom. The molecule has 0 aromatic heterocycles. The second-order valence-electron chi connectivity index (χ2n) is 5.91. The van der Waals surface area contributed by atoms with E-state index in [0.717, 1.165) is 31.9 Å². The molecule has 0 radical (unpaired) electrons. The van der Waals surface area contributed by atoms with Crippen molar-refractivity contribution in [3.8, 4) is 0 Å². The minimum absolute atomic E-state index is 0.167. The number of carbonyl (C=O) groups excluding carboxylic acids is 1. The normalized spacial score (nSPS) is 17.7. The largest absolute Gasteiger partial charge is 0.352 e. The fourth-order valence-electron chi connectivity index (χ4n) is 2.95. The lowest BCUT2D eigenvalue weighted by molar-refractivity contribution is -0.122. The quantitative estimate of drug-likeness (QED) is 0.903. The topological polar surface area (TPSA) is 66.5 Å². The van der Waals surface area contributed by atoms with Crippen molar-refractivity contribution in [3.05, 3.63) is 30.3 Å². The predicted molar refractivity (Wildman–Crippen MR) is 88.2 cm³/mol. The molecule has 0 bridgehead atoms. The maximum atomic E-state index is 12.5. The van der Waals surface area contributed by atoms with Gasteiger partial charge in [0.15, 0.2) is 0 Å². The van der Waals surface area contributed by atoms with Gasteiger partial charge in [0.1, 0.15) is 6.04 Å². The Labute approximate surface area is 132 Å². The van der Waals surface area contributed by atoms with Crippen molar-refractivity contribution in [1.82, 2.24) is 5.32 Å². The van der Waals surface area contributed by atoms with E-state index in [0.29, 0.717) is 5.69 Å². The molecule has 0 heterocycles. The fraction of sp³-hybridized carbons (Fsp3) is 0.562. The molecule has 1 aliphatic rings. The van der Waals surface area contributed by atoms with Crippen LogP contribution in [0.25, 0.3) is 0 Å². The molecular weight excluding hydrogens is 300 g/mol. The Morgan fingerprint density at radius 3 is 2.32 bits per heavy atom. The molecule has 1 amide bonds. The van der Waals surface area contributed by atoms with Crippen LogP contribution in [0.2, 0.25) is 0 Å². The highest BCUT2D eigenvalue weighted by Crippen LogP contribution is 2.21. The third kappa shape index (κ3) is 4.22. The van der Waals surface area contributed by atoms with E-state index in [1.807, 2.05) is 6.07 Å². The minimum atomic E-state index is -3.53. The Morgan fingerprint density at radius 1 is 1.18 bits per heavy atom. The Hall–Kier alpha value is -1.56. The zero-order valence-corrected chi connectivity index (χ0v) is 14.0. The van der Waals surface area contributed by atoms with Gasteiger partial charge in [-0.25, -0.2) is 8.42 Å². The van der Waals surface area contributed by atoms with Gasteiger partial charge < -0.3 is 5.32 Å². The van der Waals surface area contributed by atoms with Gasteiger partial charge in [0.2, 0.25) is 15.9 Å². The first-order valence-electron chi connectivity index (χ1n) is 7.74. The lowest BCUT2D eigenvalue weighted by Gasteiger charge is -2.30. The average Bonchev–Trinajstić information content (AvgIpc) is 2.48. The molecule has 0 spiro atoms. The summed E-state index contributed by atoms with van der Waals surface area (Å²) in [6.07, 6.45) is 6.53. The minimum Gasteiger partial charge on any atom is -0.352 e. The first-order chi connectivity index (χ1) is 10.4. The third-order valence-corrected chi connectivity index (χ3v) is 5.29. The smallest absolute Gasteiger partial charge is 0.243 e. The number of nitrogens with zero attached hydrogens (tertiary/aromatic N) is 1. The average molecular weight is 324 g/mol. The van der Waals surface area contributed by atoms with Crippen LogP contribution in [0, 0.1) is 0 Å². The van der Waals surface area contributed by atoms with E-state index in [1.165, 1.54) is 10.7 Å². The van der Waals surface area contributed by atoms with E-state index in [2.05, 4.69) is 5.32 Å². The molecule has 1 fully saturated rings. The molecule has 0 aliphatic heterocycles. The standard InChI is InChI=1S/C16H24N2O3S/c1-13(16(19)17-14-9-5-3-6-10-14)18(22(2,20)21)15-11-7-4-8-12-15/h4,7-8,11-14H,3,5-6,9-10H2,1-2H3,(H,17,19)/t13-/m1/s1. The summed E-state index contributed by atoms with van der Waals surface area (Å²) in [5.41, 5.74) is 0.510. The Bertz CT molecular complexity index is 595. The number of benzene rings is 1. The van der Waals surface area contributed by atoms with E-state index >= 15 is 0 Å². The van der Waals surface area contributed by atoms with E-state index < -0.39 is 16.1 Å². The van der Waals surface area contributed by atoms with Crippen LogP contribution in [0.5, 0.6) is 0 Å². The van der Waals surface area contributed by atoms with Crippen LogP contribution in [0.4, 0.5) is 5.69 Å². The third-order valence-electron chi connectivity index (χ3n) is 4.05. The van der Waals surface area contributed by atoms with Crippen molar-refractivity contribution in [2.45, 2.75) is 51.1 Å². The maximum absolute atomic E-state index is 12.5. The molecule has 122 valence electrons. The molecule has 1 N–H and O–H groups in total. The SMILES string of the molecule is C[C@H](C(=O)NC1CCCCC1)N(c1ccccc1)S(C)(=O)=O. The van der Waals surface area contributed by atoms with Crippen LogP contribution in [0.3, 0.4) is 0 Å². The first kappa shape index (κ1) is 16.8. The maximum Gasteiger partial charge on any atom is 0.243 e. The van der Waals surface area contributed by atoms with E-state index in [4.69, 9.17) is 0 Å². The summed E-state index contributed by atoms with van der Waals surface area (Å²) in [6.45, 7) is 1.63. The lowest BCUT2D eigenvalue weighted by Crippen LogP contribution is -2.50. The predicted octanol–water partition coefficient (Wildman–Crippen LogP) is 2.29. The van der Waals surface area contributed by atoms with Gasteiger partial charge in [0, 0.05) is 6.04 Å². The molecule has 5 nitrogen and oxygen atoms in total. The van der Waals surface area contributed by atoms with Crippen LogP contribution < -0.4 is 9.62 Å². The number of nitrogens with one attached hydrogen (secondary N) is 1. The fourth-order valence-corrected chi connectivity index (χ4v) is 4.13. The highest BCUT2D eigenvalue weighted by Gasteiger charge is 2.30. The molecule has 1 aromatic rings. The highest BCUT2D eigenvalue weighted by atomic mass is 32.2. The lowest BCUT2D eigenvalue weighted by atomic mass is 9.95. The van der Waals surface area contributed by atoms with Crippen molar-refractivity contribution < 1.29 is 13.2 Å². The Balaban J connectivity index is 2.15. The number of hydrogen-bond donors (Lipinski definition) is 1. The monoisotopic (exact) mass is 324 g/mol. The zero-order valence-electron chi connectivity index (χ0n) is 13.2. The molecule has 22 heavy (non-hydrogen) atoms. The van der Waals surface area contributed by atoms with Gasteiger partial charge in [-0.3, -0.25) is 9.10 Å². The van der Waals surface area contributed by atoms with Gasteiger partial charge in [-0.2, -0.15) is 0 Å². The molecule has 6 heteroatoms. The van der Waals surface area contributed by atoms with Crippen molar-refractivity contribution in [1.29, 1.82) is 0 Å². The molecule has 0 unspecified atom stereocenters. The molecule has 2 rings (SSSR count). The number of carbonyl (C=O) groups is 1. The van der Waals surface area contributed by atoms with E-state index in [9.17, 15) is 13.2 Å². The van der Waals surface area contributed by atoms with Gasteiger partial charge in [-0.05, 0) is 31.9 Å². The summed E-state index contributed by atoms with van der Waals surface area (Å²) >= 11 is 0. The van der Waals surface area contributed by atoms with Crippen LogP contribution in [0.1, 0.15) is 39.0 Å². The molecular formula is C16H24N2O3S. The van der Waals surface area contributed by atoms with Crippen molar-refractivity contribution in [2.24, 2.45) is 0 Å². The number of para-hydroxylation sites is 1. The zero-order chi connectivity index (χ0) is 16.2. The first-order valence-corrected chi connectivity index (χ1v) is 9.59. The van der Waals surface area contributed by atoms with Crippen LogP contribution in [0.15, 0.2) is 30.3 Å². The second kappa shape index (κ2) is 7.13. The number of hydrogen-bond acceptors (Lipinski definition) is 3. The Kier molecular flexibility index (Phi) is 5.45. The summed E-state index contributed by atoms with van der Waals surface area (Å²) in [5.74, 6) is -0.235. The molecule has 1 aliphatic carbocycles. The molecule has 0 saturated heterocycles. The summed E-state index contributed by atoms with van der Waals surface area (Å²) in [5, 5.41) is 3.00. The van der Waals surface area contributed by atoms with Gasteiger partial charge in [-0.15, -0.1) is 0 Å². The molecule has 1 aromatic carbocycles. The second-order valence-corrected chi connectivity index (χ2v) is 7.77. The highest BCUT2D eigenvalue weighted by molar-refractivity contribution is 7.92. The van der Waals surface area contributed by atoms with Crippen LogP contribution in [-0.4, -0.2) is 32.7 Å². The summed E-state index contributed by atoms with van der Waals surface area (Å²) in [7, 11) is -3.53. The molecule has 1 atom stereocenters. The summed E-state index contributed by atoms with van der Waals surface area (Å²) < 4.78 is 25.4. The van der Waals surface area contributed by atoms with Gasteiger partial charge in [0.05, 0.1) is 11.9 Å². The van der Waals surface area contributed by atoms with Crippen LogP contribution >= 0.6 is 0 Å². The van der Waals surface area contributed by atoms with Crippen molar-refractivity contribution in [3.63, 3.8) is 0 Å². The number of amides is 1. The van der Waals surface area contributed by atoms with Gasteiger partial charge in [-0.1, -0.05) is 37.5 Å². The van der Waals surface area contributed by atoms with Crippen molar-refractivity contribution >= 4 is 21.6 Å². The van der Waals surface area contributed by atoms with Gasteiger partial charge in [0.25, 0.3) is 0 Å². The van der Waals surface area contributed by atoms with E-state index in [-0.39, 0.29) is 11.9 Å². The molecule has 1 saturated carbocycles. The van der Waals surface area contributed by atoms with Crippen molar-refractivity contribution in [2.75, 3.05) is 10.6 Å². The van der Waals surface area contributed by atoms with Crippen LogP contribution in [-0.2, 0) is 14.8 Å².